The second-order valence-electron chi connectivity index (χ2n) is 6.99. The van der Waals surface area contributed by atoms with E-state index in [1.165, 1.54) is 0 Å². The van der Waals surface area contributed by atoms with Crippen molar-refractivity contribution < 1.29 is 9.53 Å². The zero-order valence-electron chi connectivity index (χ0n) is 15.7. The smallest absolute Gasteiger partial charge is 0.254 e. The van der Waals surface area contributed by atoms with Gasteiger partial charge >= 0.3 is 0 Å². The van der Waals surface area contributed by atoms with Gasteiger partial charge in [-0.05, 0) is 54.8 Å². The van der Waals surface area contributed by atoms with Gasteiger partial charge in [-0.15, -0.1) is 0 Å². The Morgan fingerprint density at radius 1 is 1.25 bits per heavy atom. The van der Waals surface area contributed by atoms with Crippen LogP contribution in [-0.2, 0) is 13.1 Å². The van der Waals surface area contributed by atoms with Crippen LogP contribution >= 0.6 is 11.6 Å². The number of rotatable bonds is 7. The van der Waals surface area contributed by atoms with E-state index in [9.17, 15) is 4.79 Å². The number of carbonyl (C=O) groups is 1. The Bertz CT molecular complexity index is 964. The summed E-state index contributed by atoms with van der Waals surface area (Å²) in [4.78, 5) is 19.5. The van der Waals surface area contributed by atoms with E-state index in [0.29, 0.717) is 23.7 Å². The summed E-state index contributed by atoms with van der Waals surface area (Å²) in [6.07, 6.45) is 5.81. The van der Waals surface area contributed by atoms with E-state index in [-0.39, 0.29) is 11.9 Å². The normalized spacial score (nSPS) is 13.4. The number of hydrogen-bond donors (Lipinski definition) is 0. The fourth-order valence-corrected chi connectivity index (χ4v) is 3.39. The molecule has 0 bridgehead atoms. The van der Waals surface area contributed by atoms with Crippen LogP contribution in [0.2, 0.25) is 5.02 Å². The number of amides is 1. The van der Waals surface area contributed by atoms with E-state index in [1.54, 1.807) is 37.6 Å². The maximum atomic E-state index is 13.0. The summed E-state index contributed by atoms with van der Waals surface area (Å²) >= 11 is 5.96. The van der Waals surface area contributed by atoms with Crippen LogP contribution < -0.4 is 4.74 Å². The Morgan fingerprint density at radius 3 is 2.75 bits per heavy atom. The quantitative estimate of drug-likeness (QED) is 0.595. The lowest BCUT2D eigenvalue weighted by Gasteiger charge is -2.23. The van der Waals surface area contributed by atoms with Crippen LogP contribution in [-0.4, -0.2) is 33.5 Å². The summed E-state index contributed by atoms with van der Waals surface area (Å²) in [6, 6.07) is 15.3. The Morgan fingerprint density at radius 2 is 2.04 bits per heavy atom. The third-order valence-corrected chi connectivity index (χ3v) is 5.19. The number of methoxy groups -OCH3 is 1. The zero-order chi connectivity index (χ0) is 19.5. The third kappa shape index (κ3) is 4.20. The van der Waals surface area contributed by atoms with Crippen molar-refractivity contribution >= 4 is 17.5 Å². The molecule has 144 valence electrons. The lowest BCUT2D eigenvalue weighted by molar-refractivity contribution is 0.0723. The van der Waals surface area contributed by atoms with E-state index in [1.807, 2.05) is 29.3 Å². The van der Waals surface area contributed by atoms with Crippen LogP contribution in [0, 0.1) is 0 Å². The molecule has 28 heavy (non-hydrogen) atoms. The molecule has 1 aliphatic rings. The molecular weight excluding hydrogens is 374 g/mol. The van der Waals surface area contributed by atoms with Crippen LogP contribution in [0.3, 0.4) is 0 Å². The van der Waals surface area contributed by atoms with E-state index in [4.69, 9.17) is 16.3 Å². The molecule has 0 radical (unpaired) electrons. The highest BCUT2D eigenvalue weighted by Gasteiger charge is 2.33. The molecule has 0 N–H and O–H groups in total. The molecule has 1 fully saturated rings. The van der Waals surface area contributed by atoms with Gasteiger partial charge in [0.05, 0.1) is 13.7 Å². The third-order valence-electron chi connectivity index (χ3n) is 4.94. The summed E-state index contributed by atoms with van der Waals surface area (Å²) in [5, 5.41) is 0.628. The molecule has 0 spiro atoms. The molecule has 0 aliphatic heterocycles. The van der Waals surface area contributed by atoms with Crippen molar-refractivity contribution in [3.05, 3.63) is 82.9 Å². The first-order valence-electron chi connectivity index (χ1n) is 9.33. The summed E-state index contributed by atoms with van der Waals surface area (Å²) in [7, 11) is 1.66. The molecular formula is C22H22ClN3O2. The van der Waals surface area contributed by atoms with Crippen LogP contribution in [0.15, 0.2) is 60.9 Å². The topological polar surface area (TPSA) is 47.4 Å². The summed E-state index contributed by atoms with van der Waals surface area (Å²) < 4.78 is 7.39. The van der Waals surface area contributed by atoms with Crippen LogP contribution in [0.4, 0.5) is 0 Å². The van der Waals surface area contributed by atoms with E-state index in [2.05, 4.69) is 15.6 Å². The minimum atomic E-state index is 0.0232. The first kappa shape index (κ1) is 18.6. The first-order valence-corrected chi connectivity index (χ1v) is 9.71. The number of carbonyl (C=O) groups excluding carboxylic acids is 1. The van der Waals surface area contributed by atoms with Crippen molar-refractivity contribution in [2.24, 2.45) is 0 Å². The molecule has 1 amide bonds. The molecule has 0 saturated heterocycles. The molecule has 1 heterocycles. The summed E-state index contributed by atoms with van der Waals surface area (Å²) in [5.74, 6) is 1.73. The molecule has 4 rings (SSSR count). The molecule has 1 aromatic heterocycles. The molecule has 3 aromatic rings. The lowest BCUT2D eigenvalue weighted by Crippen LogP contribution is -2.33. The predicted octanol–water partition coefficient (Wildman–Crippen LogP) is 4.40. The van der Waals surface area contributed by atoms with Crippen molar-refractivity contribution in [1.82, 2.24) is 14.5 Å². The fourth-order valence-electron chi connectivity index (χ4n) is 3.27. The highest BCUT2D eigenvalue weighted by molar-refractivity contribution is 6.30. The lowest BCUT2D eigenvalue weighted by atomic mass is 10.2. The van der Waals surface area contributed by atoms with Crippen molar-refractivity contribution in [2.45, 2.75) is 32.0 Å². The van der Waals surface area contributed by atoms with Gasteiger partial charge in [0.2, 0.25) is 0 Å². The van der Waals surface area contributed by atoms with Gasteiger partial charge < -0.3 is 14.2 Å². The largest absolute Gasteiger partial charge is 0.497 e. The van der Waals surface area contributed by atoms with E-state index in [0.717, 1.165) is 30.0 Å². The standard InChI is InChI=1S/C22H22ClN3O2/c1-28-20-4-2-3-16(13-20)14-25-12-11-24-21(25)15-26(19-9-10-19)22(27)17-5-7-18(23)8-6-17/h2-8,11-13,19H,9-10,14-15H2,1H3. The van der Waals surface area contributed by atoms with Gasteiger partial charge in [0.15, 0.2) is 0 Å². The number of imidazole rings is 1. The van der Waals surface area contributed by atoms with Crippen molar-refractivity contribution in [3.8, 4) is 5.75 Å². The van der Waals surface area contributed by atoms with Crippen LogP contribution in [0.25, 0.3) is 0 Å². The summed E-state index contributed by atoms with van der Waals surface area (Å²) in [5.41, 5.74) is 1.78. The monoisotopic (exact) mass is 395 g/mol. The van der Waals surface area contributed by atoms with Gasteiger partial charge in [-0.25, -0.2) is 4.98 Å². The molecule has 5 nitrogen and oxygen atoms in total. The van der Waals surface area contributed by atoms with Crippen molar-refractivity contribution in [2.75, 3.05) is 7.11 Å². The second-order valence-corrected chi connectivity index (χ2v) is 7.43. The number of ether oxygens (including phenoxy) is 1. The number of halogens is 1. The first-order chi connectivity index (χ1) is 13.6. The number of benzene rings is 2. The molecule has 1 saturated carbocycles. The maximum Gasteiger partial charge on any atom is 0.254 e. The Labute approximate surface area is 169 Å². The number of hydrogen-bond acceptors (Lipinski definition) is 3. The highest BCUT2D eigenvalue weighted by atomic mass is 35.5. The Kier molecular flexibility index (Phi) is 5.35. The van der Waals surface area contributed by atoms with Crippen molar-refractivity contribution in [1.29, 1.82) is 0 Å². The molecule has 0 atom stereocenters. The minimum Gasteiger partial charge on any atom is -0.497 e. The molecule has 1 aliphatic carbocycles. The van der Waals surface area contributed by atoms with Gasteiger partial charge in [0.25, 0.3) is 5.91 Å². The van der Waals surface area contributed by atoms with Crippen LogP contribution in [0.5, 0.6) is 5.75 Å². The van der Waals surface area contributed by atoms with Gasteiger partial charge in [0.1, 0.15) is 11.6 Å². The number of aromatic nitrogens is 2. The highest BCUT2D eigenvalue weighted by Crippen LogP contribution is 2.30. The zero-order valence-corrected chi connectivity index (χ0v) is 16.5. The predicted molar refractivity (Wildman–Crippen MR) is 109 cm³/mol. The van der Waals surface area contributed by atoms with Gasteiger partial charge in [0, 0.05) is 35.6 Å². The van der Waals surface area contributed by atoms with E-state index >= 15 is 0 Å². The molecule has 2 aromatic carbocycles. The summed E-state index contributed by atoms with van der Waals surface area (Å²) in [6.45, 7) is 1.17. The van der Waals surface area contributed by atoms with Gasteiger partial charge in [-0.1, -0.05) is 23.7 Å². The van der Waals surface area contributed by atoms with E-state index < -0.39 is 0 Å². The van der Waals surface area contributed by atoms with Gasteiger partial charge in [-0.3, -0.25) is 4.79 Å². The average molecular weight is 396 g/mol. The van der Waals surface area contributed by atoms with Crippen LogP contribution in [0.1, 0.15) is 34.6 Å². The molecule has 0 unspecified atom stereocenters. The minimum absolute atomic E-state index is 0.0232. The Balaban J connectivity index is 1.53. The Hall–Kier alpha value is -2.79. The molecule has 6 heteroatoms. The second kappa shape index (κ2) is 8.07. The average Bonchev–Trinajstić information content (AvgIpc) is 3.47. The number of nitrogens with zero attached hydrogens (tertiary/aromatic N) is 3. The SMILES string of the molecule is COc1cccc(Cn2ccnc2CN(C(=O)c2ccc(Cl)cc2)C2CC2)c1. The van der Waals surface area contributed by atoms with Crippen molar-refractivity contribution in [3.63, 3.8) is 0 Å². The fraction of sp³-hybridized carbons (Fsp3) is 0.273. The maximum absolute atomic E-state index is 13.0. The van der Waals surface area contributed by atoms with Gasteiger partial charge in [-0.2, -0.15) is 0 Å².